The normalized spacial score (nSPS) is 14.6. The molecule has 0 aliphatic carbocycles. The zero-order valence-electron chi connectivity index (χ0n) is 14.2. The molecule has 2 aliphatic rings. The molecule has 0 amide bonds. The van der Waals surface area contributed by atoms with E-state index in [0.29, 0.717) is 11.1 Å². The first-order chi connectivity index (χ1) is 13.5. The number of hydrogen-bond donors (Lipinski definition) is 0. The van der Waals surface area contributed by atoms with E-state index < -0.39 is 23.9 Å². The summed E-state index contributed by atoms with van der Waals surface area (Å²) in [5.41, 5.74) is 2.35. The minimum Gasteiger partial charge on any atom is -0.386 e. The van der Waals surface area contributed by atoms with Gasteiger partial charge in [0, 0.05) is 0 Å². The number of esters is 4. The molecule has 0 N–H and O–H groups in total. The van der Waals surface area contributed by atoms with Gasteiger partial charge in [-0.3, -0.25) is 0 Å². The van der Waals surface area contributed by atoms with Crippen LogP contribution in [0, 0.1) is 0 Å². The molecule has 134 valence electrons. The van der Waals surface area contributed by atoms with Crippen LogP contribution in [0.3, 0.4) is 0 Å². The molecule has 5 rings (SSSR count). The Kier molecular flexibility index (Phi) is 3.30. The van der Waals surface area contributed by atoms with Crippen molar-refractivity contribution in [1.82, 2.24) is 0 Å². The summed E-state index contributed by atoms with van der Waals surface area (Å²) >= 11 is 0. The van der Waals surface area contributed by atoms with E-state index in [-0.39, 0.29) is 22.3 Å². The molecular formula is C22H10O6. The van der Waals surface area contributed by atoms with Crippen LogP contribution in [-0.2, 0) is 9.47 Å². The standard InChI is InChI=1S/C22H10O6/c23-19-15-6-4-13-9-17(15)21(25)28-22(26)18-10-14(5-7-16(18)20(24)27-19)12-3-1-2-11(13)8-12/h1-10H. The molecule has 2 aliphatic heterocycles. The number of carbonyl (C=O) groups excluding carboxylic acids is 4. The SMILES string of the molecule is O=C1OC(=O)c2ccc3cc2C(=O)OC(=O)c2cc(ccc21)-c1cccc-3c1. The van der Waals surface area contributed by atoms with Gasteiger partial charge >= 0.3 is 23.9 Å². The molecule has 6 heteroatoms. The second-order valence-corrected chi connectivity index (χ2v) is 6.46. The van der Waals surface area contributed by atoms with Crippen LogP contribution in [0.4, 0.5) is 0 Å². The zero-order valence-corrected chi connectivity index (χ0v) is 14.2. The Morgan fingerprint density at radius 3 is 1.29 bits per heavy atom. The molecular weight excluding hydrogens is 360 g/mol. The van der Waals surface area contributed by atoms with Crippen molar-refractivity contribution in [2.75, 3.05) is 0 Å². The fraction of sp³-hybridized carbons (Fsp3) is 0. The van der Waals surface area contributed by atoms with Crippen molar-refractivity contribution in [2.24, 2.45) is 0 Å². The Bertz CT molecular complexity index is 1150. The van der Waals surface area contributed by atoms with Gasteiger partial charge in [0.1, 0.15) is 0 Å². The first-order valence-corrected chi connectivity index (χ1v) is 8.43. The number of benzene rings is 3. The molecule has 2 heterocycles. The molecule has 6 bridgehead atoms. The second-order valence-electron chi connectivity index (χ2n) is 6.46. The lowest BCUT2D eigenvalue weighted by molar-refractivity contribution is 0.0334. The highest BCUT2D eigenvalue weighted by molar-refractivity contribution is 6.16. The average molecular weight is 370 g/mol. The van der Waals surface area contributed by atoms with Crippen LogP contribution in [0.15, 0.2) is 60.7 Å². The van der Waals surface area contributed by atoms with Crippen LogP contribution in [0.1, 0.15) is 41.4 Å². The van der Waals surface area contributed by atoms with Crippen molar-refractivity contribution in [3.63, 3.8) is 0 Å². The molecule has 0 radical (unpaired) electrons. The first kappa shape index (κ1) is 16.1. The highest BCUT2D eigenvalue weighted by Crippen LogP contribution is 2.32. The van der Waals surface area contributed by atoms with Crippen molar-refractivity contribution in [1.29, 1.82) is 0 Å². The van der Waals surface area contributed by atoms with Crippen molar-refractivity contribution in [3.8, 4) is 22.3 Å². The number of carbonyl (C=O) groups is 4. The first-order valence-electron chi connectivity index (χ1n) is 8.43. The smallest absolute Gasteiger partial charge is 0.346 e. The van der Waals surface area contributed by atoms with Crippen molar-refractivity contribution < 1.29 is 28.7 Å². The number of cyclic esters (lactones) is 2. The van der Waals surface area contributed by atoms with Gasteiger partial charge in [0.25, 0.3) is 0 Å². The predicted molar refractivity (Wildman–Crippen MR) is 96.8 cm³/mol. The summed E-state index contributed by atoms with van der Waals surface area (Å²) in [6, 6.07) is 16.4. The molecule has 28 heavy (non-hydrogen) atoms. The van der Waals surface area contributed by atoms with E-state index in [1.54, 1.807) is 12.1 Å². The van der Waals surface area contributed by atoms with Gasteiger partial charge in [-0.05, 0) is 52.6 Å². The van der Waals surface area contributed by atoms with Crippen LogP contribution in [0.2, 0.25) is 0 Å². The maximum absolute atomic E-state index is 12.6. The van der Waals surface area contributed by atoms with Crippen molar-refractivity contribution in [3.05, 3.63) is 82.9 Å². The van der Waals surface area contributed by atoms with Crippen LogP contribution < -0.4 is 0 Å². The van der Waals surface area contributed by atoms with E-state index in [0.717, 1.165) is 11.1 Å². The maximum Gasteiger partial charge on any atom is 0.346 e. The molecule has 0 fully saturated rings. The monoisotopic (exact) mass is 370 g/mol. The molecule has 0 saturated heterocycles. The van der Waals surface area contributed by atoms with Crippen molar-refractivity contribution in [2.45, 2.75) is 0 Å². The van der Waals surface area contributed by atoms with E-state index in [4.69, 9.17) is 9.47 Å². The third kappa shape index (κ3) is 2.35. The van der Waals surface area contributed by atoms with Crippen molar-refractivity contribution >= 4 is 23.9 Å². The summed E-state index contributed by atoms with van der Waals surface area (Å²) in [6.45, 7) is 0. The summed E-state index contributed by atoms with van der Waals surface area (Å²) in [6.07, 6.45) is 0. The van der Waals surface area contributed by atoms with Gasteiger partial charge in [0.15, 0.2) is 0 Å². The van der Waals surface area contributed by atoms with Crippen LogP contribution in [0.5, 0.6) is 0 Å². The Labute approximate surface area is 158 Å². The summed E-state index contributed by atoms with van der Waals surface area (Å²) < 4.78 is 9.90. The third-order valence-electron chi connectivity index (χ3n) is 4.82. The van der Waals surface area contributed by atoms with Gasteiger partial charge in [-0.15, -0.1) is 0 Å². The minimum atomic E-state index is -0.987. The van der Waals surface area contributed by atoms with E-state index >= 15 is 0 Å². The predicted octanol–water partition coefficient (Wildman–Crippen LogP) is 3.64. The van der Waals surface area contributed by atoms with Gasteiger partial charge in [-0.1, -0.05) is 30.3 Å². The largest absolute Gasteiger partial charge is 0.386 e. The maximum atomic E-state index is 12.6. The summed E-state index contributed by atoms with van der Waals surface area (Å²) in [5, 5.41) is 0. The van der Waals surface area contributed by atoms with E-state index in [1.165, 1.54) is 24.3 Å². The number of ether oxygens (including phenoxy) is 2. The van der Waals surface area contributed by atoms with Gasteiger partial charge in [0.2, 0.25) is 0 Å². The summed E-state index contributed by atoms with van der Waals surface area (Å²) in [4.78, 5) is 50.2. The highest BCUT2D eigenvalue weighted by atomic mass is 16.6. The molecule has 3 aromatic carbocycles. The van der Waals surface area contributed by atoms with Crippen LogP contribution in [0.25, 0.3) is 22.3 Å². The third-order valence-corrected chi connectivity index (χ3v) is 4.82. The van der Waals surface area contributed by atoms with Gasteiger partial charge in [-0.25, -0.2) is 19.2 Å². The van der Waals surface area contributed by atoms with Crippen LogP contribution in [-0.4, -0.2) is 23.9 Å². The summed E-state index contributed by atoms with van der Waals surface area (Å²) in [5.74, 6) is -3.94. The lowest BCUT2D eigenvalue weighted by Gasteiger charge is -2.16. The molecule has 3 aromatic rings. The van der Waals surface area contributed by atoms with E-state index in [2.05, 4.69) is 0 Å². The fourth-order valence-corrected chi connectivity index (χ4v) is 3.41. The van der Waals surface area contributed by atoms with Gasteiger partial charge in [-0.2, -0.15) is 0 Å². The molecule has 6 nitrogen and oxygen atoms in total. The molecule has 0 unspecified atom stereocenters. The number of rotatable bonds is 0. The Balaban J connectivity index is 1.94. The number of fused-ring (bicyclic) bond motifs is 8. The lowest BCUT2D eigenvalue weighted by Crippen LogP contribution is -2.24. The second kappa shape index (κ2) is 5.72. The Hall–Kier alpha value is -4.06. The lowest BCUT2D eigenvalue weighted by atomic mass is 9.93. The topological polar surface area (TPSA) is 86.7 Å². The minimum absolute atomic E-state index is 0.144. The van der Waals surface area contributed by atoms with Gasteiger partial charge < -0.3 is 9.47 Å². The zero-order chi connectivity index (χ0) is 19.4. The Morgan fingerprint density at radius 1 is 0.429 bits per heavy atom. The van der Waals surface area contributed by atoms with Crippen LogP contribution >= 0.6 is 0 Å². The summed E-state index contributed by atoms with van der Waals surface area (Å²) in [7, 11) is 0. The average Bonchev–Trinajstić information content (AvgIpc) is 2.71. The number of hydrogen-bond acceptors (Lipinski definition) is 6. The van der Waals surface area contributed by atoms with E-state index in [9.17, 15) is 19.2 Å². The van der Waals surface area contributed by atoms with Gasteiger partial charge in [0.05, 0.1) is 22.3 Å². The molecule has 0 saturated carbocycles. The Morgan fingerprint density at radius 2 is 0.821 bits per heavy atom. The molecule has 0 aromatic heterocycles. The quantitative estimate of drug-likeness (QED) is 0.444. The van der Waals surface area contributed by atoms with E-state index in [1.807, 2.05) is 24.3 Å². The fourth-order valence-electron chi connectivity index (χ4n) is 3.41. The highest BCUT2D eigenvalue weighted by Gasteiger charge is 2.30. The molecule has 0 spiro atoms. The molecule has 0 atom stereocenters.